The van der Waals surface area contributed by atoms with Crippen molar-refractivity contribution in [3.05, 3.63) is 64.5 Å². The zero-order valence-corrected chi connectivity index (χ0v) is 18.0. The van der Waals surface area contributed by atoms with Crippen molar-refractivity contribution in [1.82, 2.24) is 15.0 Å². The largest absolute Gasteiger partial charge is 0.368 e. The van der Waals surface area contributed by atoms with E-state index in [2.05, 4.69) is 47.1 Å². The van der Waals surface area contributed by atoms with E-state index in [0.29, 0.717) is 29.6 Å². The summed E-state index contributed by atoms with van der Waals surface area (Å²) < 4.78 is 5.31. The fourth-order valence-electron chi connectivity index (χ4n) is 3.72. The van der Waals surface area contributed by atoms with E-state index >= 15 is 0 Å². The van der Waals surface area contributed by atoms with Gasteiger partial charge in [0.05, 0.1) is 0 Å². The zero-order valence-electron chi connectivity index (χ0n) is 17.3. The minimum absolute atomic E-state index is 0.127. The first-order valence-corrected chi connectivity index (χ1v) is 10.6. The lowest BCUT2D eigenvalue weighted by Gasteiger charge is -2.37. The number of carbonyl (C=O) groups excluding carboxylic acids is 1. The van der Waals surface area contributed by atoms with Gasteiger partial charge >= 0.3 is 0 Å². The summed E-state index contributed by atoms with van der Waals surface area (Å²) in [5, 5.41) is 4.66. The van der Waals surface area contributed by atoms with Crippen LogP contribution in [-0.2, 0) is 11.2 Å². The maximum atomic E-state index is 12.7. The molecule has 0 N–H and O–H groups in total. The molecule has 2 aromatic carbocycles. The monoisotopic (exact) mass is 424 g/mol. The number of aryl methyl sites for hydroxylation is 2. The minimum atomic E-state index is 0.127. The van der Waals surface area contributed by atoms with E-state index in [1.54, 1.807) is 12.1 Å². The van der Waals surface area contributed by atoms with Gasteiger partial charge in [-0.05, 0) is 55.3 Å². The van der Waals surface area contributed by atoms with Crippen molar-refractivity contribution in [2.24, 2.45) is 0 Å². The smallest absolute Gasteiger partial charge is 0.227 e. The molecule has 1 amide bonds. The number of carbonyl (C=O) groups is 1. The molecule has 1 fully saturated rings. The standard InChI is InChI=1S/C23H25ClN4O2/c1-16-4-3-5-20(17(16)2)27-12-14-28(15-13-27)22(29)11-10-21-25-23(26-30-21)18-6-8-19(24)9-7-18/h3-9H,10-15H2,1-2H3. The van der Waals surface area contributed by atoms with E-state index in [4.69, 9.17) is 16.1 Å². The SMILES string of the molecule is Cc1cccc(N2CCN(C(=O)CCc3nc(-c4ccc(Cl)cc4)no3)CC2)c1C. The van der Waals surface area contributed by atoms with Gasteiger partial charge in [0.1, 0.15) is 0 Å². The van der Waals surface area contributed by atoms with Gasteiger partial charge in [-0.1, -0.05) is 28.9 Å². The van der Waals surface area contributed by atoms with Crippen molar-refractivity contribution in [2.75, 3.05) is 31.1 Å². The van der Waals surface area contributed by atoms with Gasteiger partial charge in [0, 0.05) is 55.3 Å². The molecule has 7 heteroatoms. The molecule has 1 aliphatic rings. The van der Waals surface area contributed by atoms with Gasteiger partial charge in [-0.25, -0.2) is 0 Å². The molecule has 0 bridgehead atoms. The summed E-state index contributed by atoms with van der Waals surface area (Å²) in [4.78, 5) is 21.3. The van der Waals surface area contributed by atoms with E-state index < -0.39 is 0 Å². The second kappa shape index (κ2) is 8.88. The van der Waals surface area contributed by atoms with Gasteiger partial charge in [0.25, 0.3) is 0 Å². The van der Waals surface area contributed by atoms with Gasteiger partial charge in [-0.15, -0.1) is 0 Å². The van der Waals surface area contributed by atoms with Crippen LogP contribution in [0.4, 0.5) is 5.69 Å². The lowest BCUT2D eigenvalue weighted by molar-refractivity contribution is -0.131. The summed E-state index contributed by atoms with van der Waals surface area (Å²) in [7, 11) is 0. The molecule has 0 aliphatic carbocycles. The van der Waals surface area contributed by atoms with Crippen molar-refractivity contribution in [3.8, 4) is 11.4 Å². The third kappa shape index (κ3) is 4.49. The zero-order chi connectivity index (χ0) is 21.1. The summed E-state index contributed by atoms with van der Waals surface area (Å²) in [6.45, 7) is 7.44. The molecule has 0 spiro atoms. The fraction of sp³-hybridized carbons (Fsp3) is 0.348. The molecule has 30 heavy (non-hydrogen) atoms. The molecular weight excluding hydrogens is 400 g/mol. The Kier molecular flexibility index (Phi) is 6.04. The van der Waals surface area contributed by atoms with E-state index in [-0.39, 0.29) is 5.91 Å². The van der Waals surface area contributed by atoms with Gasteiger partial charge < -0.3 is 14.3 Å². The van der Waals surface area contributed by atoms with E-state index in [9.17, 15) is 4.79 Å². The molecular formula is C23H25ClN4O2. The third-order valence-corrected chi connectivity index (χ3v) is 5.92. The molecule has 0 atom stereocenters. The molecule has 156 valence electrons. The van der Waals surface area contributed by atoms with Gasteiger partial charge in [-0.3, -0.25) is 4.79 Å². The van der Waals surface area contributed by atoms with Crippen LogP contribution in [0.25, 0.3) is 11.4 Å². The van der Waals surface area contributed by atoms with Gasteiger partial charge in [0.15, 0.2) is 0 Å². The van der Waals surface area contributed by atoms with Crippen molar-refractivity contribution in [3.63, 3.8) is 0 Å². The Labute approximate surface area is 181 Å². The summed E-state index contributed by atoms with van der Waals surface area (Å²) in [6, 6.07) is 13.7. The number of halogens is 1. The predicted octanol–water partition coefficient (Wildman–Crippen LogP) is 4.29. The Bertz CT molecular complexity index is 1020. The van der Waals surface area contributed by atoms with E-state index in [0.717, 1.165) is 31.7 Å². The molecule has 1 aliphatic heterocycles. The molecule has 1 aromatic heterocycles. The van der Waals surface area contributed by atoms with Crippen LogP contribution in [0.1, 0.15) is 23.4 Å². The van der Waals surface area contributed by atoms with Crippen LogP contribution in [0.15, 0.2) is 47.0 Å². The average Bonchev–Trinajstić information content (AvgIpc) is 3.24. The number of hydrogen-bond acceptors (Lipinski definition) is 5. The Balaban J connectivity index is 1.29. The topological polar surface area (TPSA) is 62.5 Å². The molecule has 2 heterocycles. The molecule has 4 rings (SSSR count). The van der Waals surface area contributed by atoms with Crippen LogP contribution >= 0.6 is 11.6 Å². The van der Waals surface area contributed by atoms with Crippen molar-refractivity contribution in [1.29, 1.82) is 0 Å². The molecule has 0 saturated carbocycles. The van der Waals surface area contributed by atoms with Crippen LogP contribution in [0, 0.1) is 13.8 Å². The quantitative estimate of drug-likeness (QED) is 0.611. The first-order valence-electron chi connectivity index (χ1n) is 10.2. The number of aromatic nitrogens is 2. The van der Waals surface area contributed by atoms with Crippen molar-refractivity contribution >= 4 is 23.2 Å². The highest BCUT2D eigenvalue weighted by Gasteiger charge is 2.22. The highest BCUT2D eigenvalue weighted by Crippen LogP contribution is 2.24. The molecule has 3 aromatic rings. The average molecular weight is 425 g/mol. The fourth-order valence-corrected chi connectivity index (χ4v) is 3.85. The molecule has 0 unspecified atom stereocenters. The van der Waals surface area contributed by atoms with Crippen molar-refractivity contribution in [2.45, 2.75) is 26.7 Å². The lowest BCUT2D eigenvalue weighted by Crippen LogP contribution is -2.49. The van der Waals surface area contributed by atoms with Crippen LogP contribution in [0.2, 0.25) is 5.02 Å². The Morgan fingerprint density at radius 1 is 1.07 bits per heavy atom. The summed E-state index contributed by atoms with van der Waals surface area (Å²) in [6.07, 6.45) is 0.808. The summed E-state index contributed by atoms with van der Waals surface area (Å²) in [5.74, 6) is 1.11. The second-order valence-electron chi connectivity index (χ2n) is 7.61. The maximum Gasteiger partial charge on any atom is 0.227 e. The summed E-state index contributed by atoms with van der Waals surface area (Å²) >= 11 is 5.91. The Hall–Kier alpha value is -2.86. The molecule has 0 radical (unpaired) electrons. The van der Waals surface area contributed by atoms with Crippen LogP contribution in [0.3, 0.4) is 0 Å². The minimum Gasteiger partial charge on any atom is -0.368 e. The number of piperazine rings is 1. The Morgan fingerprint density at radius 3 is 2.53 bits per heavy atom. The van der Waals surface area contributed by atoms with E-state index in [1.807, 2.05) is 17.0 Å². The highest BCUT2D eigenvalue weighted by atomic mass is 35.5. The highest BCUT2D eigenvalue weighted by molar-refractivity contribution is 6.30. The molecule has 1 saturated heterocycles. The third-order valence-electron chi connectivity index (χ3n) is 5.67. The summed E-state index contributed by atoms with van der Waals surface area (Å²) in [5.41, 5.74) is 4.71. The van der Waals surface area contributed by atoms with E-state index in [1.165, 1.54) is 16.8 Å². The van der Waals surface area contributed by atoms with Crippen LogP contribution in [0.5, 0.6) is 0 Å². The van der Waals surface area contributed by atoms with Crippen LogP contribution < -0.4 is 4.90 Å². The number of anilines is 1. The van der Waals surface area contributed by atoms with Crippen molar-refractivity contribution < 1.29 is 9.32 Å². The lowest BCUT2D eigenvalue weighted by atomic mass is 10.1. The number of nitrogens with zero attached hydrogens (tertiary/aromatic N) is 4. The number of hydrogen-bond donors (Lipinski definition) is 0. The molecule has 6 nitrogen and oxygen atoms in total. The first-order chi connectivity index (χ1) is 14.5. The normalized spacial score (nSPS) is 14.2. The second-order valence-corrected chi connectivity index (χ2v) is 8.04. The van der Waals surface area contributed by atoms with Crippen LogP contribution in [-0.4, -0.2) is 47.1 Å². The predicted molar refractivity (Wildman–Crippen MR) is 118 cm³/mol. The van der Waals surface area contributed by atoms with Gasteiger partial charge in [0.2, 0.25) is 17.6 Å². The number of rotatable bonds is 5. The first kappa shape index (κ1) is 20.4. The number of benzene rings is 2. The van der Waals surface area contributed by atoms with Gasteiger partial charge in [-0.2, -0.15) is 4.98 Å². The number of amides is 1. The maximum absolute atomic E-state index is 12.7. The Morgan fingerprint density at radius 2 is 1.80 bits per heavy atom.